The molecule has 2 rings (SSSR count). The predicted molar refractivity (Wildman–Crippen MR) is 53.6 cm³/mol. The largest absolute Gasteiger partial charge is 0.293 e. The zero-order chi connectivity index (χ0) is 11.0. The molecule has 0 aliphatic carbocycles. The van der Waals surface area contributed by atoms with Crippen LogP contribution in [0.2, 0.25) is 5.15 Å². The van der Waals surface area contributed by atoms with Crippen LogP contribution < -0.4 is 4.90 Å². The minimum atomic E-state index is -0.793. The summed E-state index contributed by atoms with van der Waals surface area (Å²) < 4.78 is 13.5. The van der Waals surface area contributed by atoms with Gasteiger partial charge >= 0.3 is 0 Å². The molecule has 4 nitrogen and oxygen atoms in total. The average molecular weight is 250 g/mol. The number of hydrogen-bond donors (Lipinski definition) is 0. The van der Waals surface area contributed by atoms with Crippen LogP contribution in [0, 0.1) is 5.82 Å². The minimum Gasteiger partial charge on any atom is -0.293 e. The number of alkyl halides is 1. The third kappa shape index (κ3) is 1.89. The maximum absolute atomic E-state index is 13.5. The fourth-order valence-corrected chi connectivity index (χ4v) is 1.79. The maximum Gasteiger partial charge on any atom is 0.229 e. The van der Waals surface area contributed by atoms with E-state index in [9.17, 15) is 9.18 Å². The second-order valence-electron chi connectivity index (χ2n) is 3.11. The molecule has 1 atom stereocenters. The van der Waals surface area contributed by atoms with E-state index >= 15 is 0 Å². The first-order valence-corrected chi connectivity index (χ1v) is 5.01. The van der Waals surface area contributed by atoms with Crippen LogP contribution in [0.3, 0.4) is 0 Å². The van der Waals surface area contributed by atoms with Crippen LogP contribution in [-0.4, -0.2) is 27.8 Å². The van der Waals surface area contributed by atoms with Gasteiger partial charge in [-0.2, -0.15) is 4.39 Å². The van der Waals surface area contributed by atoms with E-state index < -0.39 is 5.82 Å². The van der Waals surface area contributed by atoms with Gasteiger partial charge in [0.2, 0.25) is 11.7 Å². The lowest BCUT2D eigenvalue weighted by atomic mass is 10.4. The molecule has 1 aliphatic heterocycles. The van der Waals surface area contributed by atoms with Gasteiger partial charge in [0.05, 0.1) is 5.38 Å². The second kappa shape index (κ2) is 3.90. The van der Waals surface area contributed by atoms with Crippen LogP contribution in [0.4, 0.5) is 10.2 Å². The van der Waals surface area contributed by atoms with Gasteiger partial charge in [-0.25, -0.2) is 9.97 Å². The summed E-state index contributed by atoms with van der Waals surface area (Å²) in [6, 6.07) is 0. The van der Waals surface area contributed by atoms with E-state index in [1.165, 1.54) is 4.90 Å². The van der Waals surface area contributed by atoms with Crippen molar-refractivity contribution in [1.29, 1.82) is 0 Å². The Morgan fingerprint density at radius 2 is 2.27 bits per heavy atom. The lowest BCUT2D eigenvalue weighted by molar-refractivity contribution is -0.117. The van der Waals surface area contributed by atoms with Crippen LogP contribution in [0.15, 0.2) is 6.33 Å². The molecule has 7 heteroatoms. The van der Waals surface area contributed by atoms with E-state index in [4.69, 9.17) is 23.2 Å². The lowest BCUT2D eigenvalue weighted by Crippen LogP contribution is -2.27. The number of nitrogens with zero attached hydrogens (tertiary/aromatic N) is 3. The summed E-state index contributed by atoms with van der Waals surface area (Å²) in [6.07, 6.45) is 1.29. The molecule has 2 heterocycles. The number of carbonyl (C=O) groups excluding carboxylic acids is 1. The smallest absolute Gasteiger partial charge is 0.229 e. The molecule has 15 heavy (non-hydrogen) atoms. The molecule has 0 spiro atoms. The van der Waals surface area contributed by atoms with Crippen molar-refractivity contribution in [1.82, 2.24) is 9.97 Å². The van der Waals surface area contributed by atoms with Crippen molar-refractivity contribution in [2.45, 2.75) is 11.8 Å². The number of halogens is 3. The monoisotopic (exact) mass is 249 g/mol. The third-order valence-electron chi connectivity index (χ3n) is 2.06. The number of anilines is 1. The Balaban J connectivity index is 2.38. The Morgan fingerprint density at radius 3 is 2.87 bits per heavy atom. The molecule has 0 radical (unpaired) electrons. The fraction of sp³-hybridized carbons (Fsp3) is 0.375. The standard InChI is InChI=1S/C8H6Cl2FN3O/c9-4-1-5(15)14(2-4)8-6(11)7(10)12-3-13-8/h3-4H,1-2H2. The predicted octanol–water partition coefficient (Wildman–Crippen LogP) is 1.61. The Labute approximate surface area is 95.0 Å². The molecular weight excluding hydrogens is 244 g/mol. The second-order valence-corrected chi connectivity index (χ2v) is 4.08. The molecule has 80 valence electrons. The normalized spacial score (nSPS) is 21.1. The zero-order valence-corrected chi connectivity index (χ0v) is 8.96. The molecule has 0 saturated carbocycles. The van der Waals surface area contributed by atoms with Crippen molar-refractivity contribution < 1.29 is 9.18 Å². The molecule has 1 aromatic rings. The van der Waals surface area contributed by atoms with Crippen LogP contribution in [0.1, 0.15) is 6.42 Å². The number of carbonyl (C=O) groups is 1. The highest BCUT2D eigenvalue weighted by Gasteiger charge is 2.32. The highest BCUT2D eigenvalue weighted by molar-refractivity contribution is 6.30. The van der Waals surface area contributed by atoms with Gasteiger partial charge in [0, 0.05) is 13.0 Å². The summed E-state index contributed by atoms with van der Waals surface area (Å²) in [5.41, 5.74) is 0. The number of hydrogen-bond acceptors (Lipinski definition) is 3. The molecule has 1 amide bonds. The minimum absolute atomic E-state index is 0.108. The van der Waals surface area contributed by atoms with E-state index in [0.29, 0.717) is 0 Å². The molecule has 0 aromatic carbocycles. The van der Waals surface area contributed by atoms with Gasteiger partial charge in [-0.05, 0) is 0 Å². The van der Waals surface area contributed by atoms with E-state index in [2.05, 4.69) is 9.97 Å². The molecule has 0 N–H and O–H groups in total. The van der Waals surface area contributed by atoms with Gasteiger partial charge in [0.15, 0.2) is 11.0 Å². The summed E-state index contributed by atoms with van der Waals surface area (Å²) in [4.78, 5) is 19.7. The molecule has 1 fully saturated rings. The fourth-order valence-electron chi connectivity index (χ4n) is 1.40. The van der Waals surface area contributed by atoms with Gasteiger partial charge in [-0.3, -0.25) is 9.69 Å². The summed E-state index contributed by atoms with van der Waals surface area (Å²) in [7, 11) is 0. The summed E-state index contributed by atoms with van der Waals surface area (Å²) in [6.45, 7) is 0.241. The first-order chi connectivity index (χ1) is 7.09. The molecule has 1 aromatic heterocycles. The Hall–Kier alpha value is -0.940. The van der Waals surface area contributed by atoms with Gasteiger partial charge in [-0.1, -0.05) is 11.6 Å². The molecular formula is C8H6Cl2FN3O. The Morgan fingerprint density at radius 1 is 1.53 bits per heavy atom. The molecule has 1 unspecified atom stereocenters. The number of amides is 1. The van der Waals surface area contributed by atoms with Crippen molar-refractivity contribution in [3.05, 3.63) is 17.3 Å². The van der Waals surface area contributed by atoms with Gasteiger partial charge in [0.1, 0.15) is 6.33 Å². The van der Waals surface area contributed by atoms with Crippen molar-refractivity contribution in [3.8, 4) is 0 Å². The Bertz CT molecular complexity index is 415. The van der Waals surface area contributed by atoms with Gasteiger partial charge in [0.25, 0.3) is 0 Å². The quantitative estimate of drug-likeness (QED) is 0.562. The first-order valence-electron chi connectivity index (χ1n) is 4.20. The van der Waals surface area contributed by atoms with Crippen molar-refractivity contribution in [3.63, 3.8) is 0 Å². The molecule has 1 saturated heterocycles. The van der Waals surface area contributed by atoms with Crippen LogP contribution in [-0.2, 0) is 4.79 Å². The van der Waals surface area contributed by atoms with Crippen molar-refractivity contribution in [2.75, 3.05) is 11.4 Å². The summed E-state index contributed by atoms with van der Waals surface area (Å²) in [5.74, 6) is -1.16. The van der Waals surface area contributed by atoms with Crippen LogP contribution >= 0.6 is 23.2 Å². The van der Waals surface area contributed by atoms with Gasteiger partial charge < -0.3 is 0 Å². The van der Waals surface area contributed by atoms with E-state index in [0.717, 1.165) is 6.33 Å². The average Bonchev–Trinajstić information content (AvgIpc) is 2.50. The van der Waals surface area contributed by atoms with E-state index in [1.807, 2.05) is 0 Å². The van der Waals surface area contributed by atoms with Crippen LogP contribution in [0.25, 0.3) is 0 Å². The third-order valence-corrected chi connectivity index (χ3v) is 2.62. The summed E-state index contributed by atoms with van der Waals surface area (Å²) in [5, 5.41) is -0.614. The highest BCUT2D eigenvalue weighted by atomic mass is 35.5. The van der Waals surface area contributed by atoms with E-state index in [1.54, 1.807) is 0 Å². The highest BCUT2D eigenvalue weighted by Crippen LogP contribution is 2.26. The molecule has 1 aliphatic rings. The zero-order valence-electron chi connectivity index (χ0n) is 7.45. The summed E-state index contributed by atoms with van der Waals surface area (Å²) >= 11 is 11.3. The van der Waals surface area contributed by atoms with Crippen LogP contribution in [0.5, 0.6) is 0 Å². The lowest BCUT2D eigenvalue weighted by Gasteiger charge is -2.14. The SMILES string of the molecule is O=C1CC(Cl)CN1c1ncnc(Cl)c1F. The number of rotatable bonds is 1. The topological polar surface area (TPSA) is 46.1 Å². The first kappa shape index (κ1) is 10.6. The van der Waals surface area contributed by atoms with Crippen molar-refractivity contribution in [2.24, 2.45) is 0 Å². The van der Waals surface area contributed by atoms with Crippen molar-refractivity contribution >= 4 is 34.9 Å². The maximum atomic E-state index is 13.5. The molecule has 0 bridgehead atoms. The number of aromatic nitrogens is 2. The van der Waals surface area contributed by atoms with Gasteiger partial charge in [-0.15, -0.1) is 11.6 Å². The van der Waals surface area contributed by atoms with E-state index in [-0.39, 0.29) is 35.2 Å². The Kier molecular flexibility index (Phi) is 2.75.